The van der Waals surface area contributed by atoms with Gasteiger partial charge in [-0.25, -0.2) is 4.39 Å². The van der Waals surface area contributed by atoms with Crippen molar-refractivity contribution in [3.63, 3.8) is 0 Å². The van der Waals surface area contributed by atoms with Crippen molar-refractivity contribution in [2.24, 2.45) is 0 Å². The standard InChI is InChI=1S/C16H16FNO2/c1-11(12-7-9-13(17)10-8-12)18-16(19)14-5-3-4-6-15(14)20-2/h3-11H,1-2H3,(H,18,19)/t11-/m1/s1. The molecule has 0 aliphatic heterocycles. The van der Waals surface area contributed by atoms with E-state index in [4.69, 9.17) is 4.74 Å². The van der Waals surface area contributed by atoms with Gasteiger partial charge in [-0.1, -0.05) is 24.3 Å². The minimum absolute atomic E-state index is 0.215. The minimum Gasteiger partial charge on any atom is -0.496 e. The zero-order valence-electron chi connectivity index (χ0n) is 11.4. The Labute approximate surface area is 117 Å². The van der Waals surface area contributed by atoms with Crippen LogP contribution < -0.4 is 10.1 Å². The van der Waals surface area contributed by atoms with Crippen molar-refractivity contribution in [2.75, 3.05) is 7.11 Å². The summed E-state index contributed by atoms with van der Waals surface area (Å²) in [6, 6.07) is 12.9. The summed E-state index contributed by atoms with van der Waals surface area (Å²) in [5.74, 6) is 0.00702. The van der Waals surface area contributed by atoms with Crippen molar-refractivity contribution >= 4 is 5.91 Å². The van der Waals surface area contributed by atoms with Gasteiger partial charge in [-0.2, -0.15) is 0 Å². The molecule has 0 aliphatic carbocycles. The number of para-hydroxylation sites is 1. The highest BCUT2D eigenvalue weighted by Crippen LogP contribution is 2.19. The molecule has 0 fully saturated rings. The van der Waals surface area contributed by atoms with Crippen molar-refractivity contribution in [2.45, 2.75) is 13.0 Å². The number of carbonyl (C=O) groups is 1. The van der Waals surface area contributed by atoms with Gasteiger partial charge in [0.25, 0.3) is 5.91 Å². The second-order valence-corrected chi connectivity index (χ2v) is 4.45. The van der Waals surface area contributed by atoms with E-state index in [9.17, 15) is 9.18 Å². The first kappa shape index (κ1) is 14.1. The Hall–Kier alpha value is -2.36. The van der Waals surface area contributed by atoms with Gasteiger partial charge in [0.1, 0.15) is 11.6 Å². The molecule has 0 heterocycles. The zero-order chi connectivity index (χ0) is 14.5. The first-order valence-corrected chi connectivity index (χ1v) is 6.31. The van der Waals surface area contributed by atoms with Crippen LogP contribution in [0.2, 0.25) is 0 Å². The van der Waals surface area contributed by atoms with Crippen LogP contribution in [0.1, 0.15) is 28.9 Å². The van der Waals surface area contributed by atoms with Gasteiger partial charge in [0.15, 0.2) is 0 Å². The number of hydrogen-bond acceptors (Lipinski definition) is 2. The summed E-state index contributed by atoms with van der Waals surface area (Å²) in [6.07, 6.45) is 0. The van der Waals surface area contributed by atoms with Gasteiger partial charge in [-0.15, -0.1) is 0 Å². The number of carbonyl (C=O) groups excluding carboxylic acids is 1. The Morgan fingerprint density at radius 2 is 1.80 bits per heavy atom. The lowest BCUT2D eigenvalue weighted by molar-refractivity contribution is 0.0937. The van der Waals surface area contributed by atoms with Gasteiger partial charge in [0, 0.05) is 0 Å². The molecule has 0 saturated carbocycles. The largest absolute Gasteiger partial charge is 0.496 e. The van der Waals surface area contributed by atoms with Crippen LogP contribution in [0.4, 0.5) is 4.39 Å². The van der Waals surface area contributed by atoms with Crippen molar-refractivity contribution in [3.8, 4) is 5.75 Å². The van der Waals surface area contributed by atoms with Crippen LogP contribution in [-0.4, -0.2) is 13.0 Å². The van der Waals surface area contributed by atoms with Crippen molar-refractivity contribution in [1.82, 2.24) is 5.32 Å². The molecule has 2 aromatic carbocycles. The van der Waals surface area contributed by atoms with E-state index in [0.29, 0.717) is 11.3 Å². The van der Waals surface area contributed by atoms with Crippen molar-refractivity contribution < 1.29 is 13.9 Å². The third-order valence-electron chi connectivity index (χ3n) is 3.07. The van der Waals surface area contributed by atoms with Gasteiger partial charge >= 0.3 is 0 Å². The minimum atomic E-state index is -0.294. The molecule has 0 aliphatic rings. The zero-order valence-corrected chi connectivity index (χ0v) is 11.4. The number of nitrogens with one attached hydrogen (secondary N) is 1. The van der Waals surface area contributed by atoms with Gasteiger partial charge in [-0.3, -0.25) is 4.79 Å². The molecule has 0 radical (unpaired) electrons. The Bertz CT molecular complexity index is 596. The average Bonchev–Trinajstić information content (AvgIpc) is 2.47. The maximum Gasteiger partial charge on any atom is 0.255 e. The van der Waals surface area contributed by atoms with Crippen LogP contribution in [0.15, 0.2) is 48.5 Å². The van der Waals surface area contributed by atoms with Crippen LogP contribution in [0.5, 0.6) is 5.75 Å². The summed E-state index contributed by atoms with van der Waals surface area (Å²) in [5.41, 5.74) is 1.32. The van der Waals surface area contributed by atoms with E-state index in [1.807, 2.05) is 6.92 Å². The third kappa shape index (κ3) is 3.15. The van der Waals surface area contributed by atoms with Crippen molar-refractivity contribution in [3.05, 3.63) is 65.5 Å². The van der Waals surface area contributed by atoms with E-state index >= 15 is 0 Å². The van der Waals surface area contributed by atoms with Gasteiger partial charge in [0.05, 0.1) is 18.7 Å². The monoisotopic (exact) mass is 273 g/mol. The second kappa shape index (κ2) is 6.19. The van der Waals surface area contributed by atoms with Crippen molar-refractivity contribution in [1.29, 1.82) is 0 Å². The normalized spacial score (nSPS) is 11.8. The van der Waals surface area contributed by atoms with Crippen LogP contribution in [-0.2, 0) is 0 Å². The molecule has 20 heavy (non-hydrogen) atoms. The number of ether oxygens (including phenoxy) is 1. The summed E-state index contributed by atoms with van der Waals surface area (Å²) < 4.78 is 18.0. The molecular weight excluding hydrogens is 257 g/mol. The smallest absolute Gasteiger partial charge is 0.255 e. The summed E-state index contributed by atoms with van der Waals surface area (Å²) >= 11 is 0. The van der Waals surface area contributed by atoms with Crippen LogP contribution in [0.3, 0.4) is 0 Å². The van der Waals surface area contributed by atoms with E-state index in [1.54, 1.807) is 36.4 Å². The van der Waals surface area contributed by atoms with Gasteiger partial charge in [0.2, 0.25) is 0 Å². The molecule has 4 heteroatoms. The predicted molar refractivity (Wildman–Crippen MR) is 75.3 cm³/mol. The summed E-state index contributed by atoms with van der Waals surface area (Å²) in [5, 5.41) is 2.87. The van der Waals surface area contributed by atoms with E-state index in [2.05, 4.69) is 5.32 Å². The lowest BCUT2D eigenvalue weighted by Crippen LogP contribution is -2.27. The summed E-state index contributed by atoms with van der Waals surface area (Å²) in [7, 11) is 1.52. The molecule has 0 spiro atoms. The Kier molecular flexibility index (Phi) is 4.35. The maximum absolute atomic E-state index is 12.9. The fourth-order valence-corrected chi connectivity index (χ4v) is 1.94. The Morgan fingerprint density at radius 3 is 2.45 bits per heavy atom. The average molecular weight is 273 g/mol. The first-order chi connectivity index (χ1) is 9.61. The number of amides is 1. The number of hydrogen-bond donors (Lipinski definition) is 1. The number of rotatable bonds is 4. The SMILES string of the molecule is COc1ccccc1C(=O)N[C@H](C)c1ccc(F)cc1. The highest BCUT2D eigenvalue weighted by atomic mass is 19.1. The second-order valence-electron chi connectivity index (χ2n) is 4.45. The molecule has 1 atom stereocenters. The van der Waals surface area contributed by atoms with E-state index in [-0.39, 0.29) is 17.8 Å². The van der Waals surface area contributed by atoms with E-state index in [1.165, 1.54) is 19.2 Å². The third-order valence-corrected chi connectivity index (χ3v) is 3.07. The maximum atomic E-state index is 12.9. The molecule has 2 aromatic rings. The fraction of sp³-hybridized carbons (Fsp3) is 0.188. The lowest BCUT2D eigenvalue weighted by Gasteiger charge is -2.15. The number of benzene rings is 2. The molecule has 0 unspecified atom stereocenters. The molecule has 0 saturated heterocycles. The molecule has 0 aromatic heterocycles. The molecule has 104 valence electrons. The quantitative estimate of drug-likeness (QED) is 0.928. The predicted octanol–water partition coefficient (Wildman–Crippen LogP) is 3.33. The molecule has 1 N–H and O–H groups in total. The van der Waals surface area contributed by atoms with E-state index < -0.39 is 0 Å². The van der Waals surface area contributed by atoms with Gasteiger partial charge in [-0.05, 0) is 36.8 Å². The van der Waals surface area contributed by atoms with Crippen LogP contribution in [0.25, 0.3) is 0 Å². The topological polar surface area (TPSA) is 38.3 Å². The molecule has 1 amide bonds. The number of methoxy groups -OCH3 is 1. The molecular formula is C16H16FNO2. The molecule has 0 bridgehead atoms. The fourth-order valence-electron chi connectivity index (χ4n) is 1.94. The highest BCUT2D eigenvalue weighted by molar-refractivity contribution is 5.97. The van der Waals surface area contributed by atoms with Crippen LogP contribution in [0, 0.1) is 5.82 Å². The number of halogens is 1. The molecule has 3 nitrogen and oxygen atoms in total. The Balaban J connectivity index is 2.13. The Morgan fingerprint density at radius 1 is 1.15 bits per heavy atom. The highest BCUT2D eigenvalue weighted by Gasteiger charge is 2.14. The lowest BCUT2D eigenvalue weighted by atomic mass is 10.1. The summed E-state index contributed by atoms with van der Waals surface area (Å²) in [4.78, 5) is 12.2. The summed E-state index contributed by atoms with van der Waals surface area (Å²) in [6.45, 7) is 1.85. The first-order valence-electron chi connectivity index (χ1n) is 6.31. The molecule has 2 rings (SSSR count). The van der Waals surface area contributed by atoms with E-state index in [0.717, 1.165) is 5.56 Å². The van der Waals surface area contributed by atoms with Crippen LogP contribution >= 0.6 is 0 Å². The van der Waals surface area contributed by atoms with Gasteiger partial charge < -0.3 is 10.1 Å².